The van der Waals surface area contributed by atoms with Crippen LogP contribution in [0.15, 0.2) is 143 Å². The van der Waals surface area contributed by atoms with Crippen LogP contribution in [0.1, 0.15) is 203 Å². The Hall–Kier alpha value is -13.3. The molecule has 0 bridgehead atoms. The highest BCUT2D eigenvalue weighted by Crippen LogP contribution is 2.32. The number of hydrogen-bond donors (Lipinski definition) is 3. The van der Waals surface area contributed by atoms with Crippen LogP contribution in [0.5, 0.6) is 0 Å². The molecule has 3 atom stereocenters. The van der Waals surface area contributed by atoms with Gasteiger partial charge in [0.1, 0.15) is 23.3 Å². The Labute approximate surface area is 726 Å². The number of carbonyl (C=O) groups is 14. The number of amides is 2. The van der Waals surface area contributed by atoms with Crippen LogP contribution in [-0.2, 0) is 60.9 Å². The van der Waals surface area contributed by atoms with Gasteiger partial charge in [0.15, 0.2) is 56.3 Å². The minimum Gasteiger partial charge on any atom is -0.464 e. The molecule has 34 nitrogen and oxygen atoms in total. The third kappa shape index (κ3) is 22.9. The largest absolute Gasteiger partial charge is 0.509 e. The number of hydrogen-bond acceptors (Lipinski definition) is 32. The summed E-state index contributed by atoms with van der Waals surface area (Å²) in [7, 11) is 6.19. The maximum atomic E-state index is 13.5. The second kappa shape index (κ2) is 40.6. The minimum atomic E-state index is -0.975. The number of nitrogens with two attached hydrogens (primary N) is 1. The zero-order valence-electron chi connectivity index (χ0n) is 70.8. The lowest BCUT2D eigenvalue weighted by Gasteiger charge is -2.30. The predicted molar refractivity (Wildman–Crippen MR) is 460 cm³/mol. The van der Waals surface area contributed by atoms with Gasteiger partial charge in [0, 0.05) is 67.9 Å². The minimum absolute atomic E-state index is 0.0390. The quantitative estimate of drug-likeness (QED) is 0.0304. The van der Waals surface area contributed by atoms with E-state index in [9.17, 15) is 67.1 Å². The summed E-state index contributed by atoms with van der Waals surface area (Å²) in [4.78, 5) is 190. The first-order valence-electron chi connectivity index (χ1n) is 37.9. The number of ether oxygens (including phenoxy) is 9. The van der Waals surface area contributed by atoms with Crippen molar-refractivity contribution in [2.75, 3.05) is 35.5 Å². The van der Waals surface area contributed by atoms with E-state index in [0.717, 1.165) is 45.3 Å². The average molecular weight is 1770 g/mol. The molecule has 12 aromatic rings. The Bertz CT molecular complexity index is 6050. The summed E-state index contributed by atoms with van der Waals surface area (Å²) in [5.41, 5.74) is 7.98. The van der Waals surface area contributed by atoms with E-state index >= 15 is 0 Å². The predicted octanol–water partition coefficient (Wildman–Crippen LogP) is 14.5. The van der Waals surface area contributed by atoms with E-state index in [-0.39, 0.29) is 96.9 Å². The summed E-state index contributed by atoms with van der Waals surface area (Å²) >= 11 is 4.17. The second-order valence-electron chi connectivity index (χ2n) is 30.9. The van der Waals surface area contributed by atoms with Crippen LogP contribution in [0.4, 0.5) is 14.4 Å². The van der Waals surface area contributed by atoms with Crippen molar-refractivity contribution in [3.05, 3.63) is 208 Å². The molecule has 2 amide bonds. The molecule has 8 heterocycles. The van der Waals surface area contributed by atoms with E-state index in [1.807, 2.05) is 33.8 Å². The Balaban J connectivity index is 0.000000189. The van der Waals surface area contributed by atoms with Gasteiger partial charge >= 0.3 is 48.2 Å². The first-order valence-corrected chi connectivity index (χ1v) is 41.5. The summed E-state index contributed by atoms with van der Waals surface area (Å²) in [6, 6.07) is 25.9. The van der Waals surface area contributed by atoms with Gasteiger partial charge in [-0.25, -0.2) is 58.3 Å². The lowest BCUT2D eigenvalue weighted by molar-refractivity contribution is -0.152. The molecular formula is C86H91N11O23S4. The lowest BCUT2D eigenvalue weighted by Crippen LogP contribution is -2.51. The monoisotopic (exact) mass is 1770 g/mol. The Morgan fingerprint density at radius 2 is 0.702 bits per heavy atom. The maximum absolute atomic E-state index is 13.5. The SMILES string of the molecule is COC(=O)OCn1cc(C(=O)c2nc(C(=O)OC)cs2)c2ccccc21.COC(=O)c1csc(C(=O)c2cn(C(=O)C(N)C(C)C)c3ccccc23)n1.COC(=O)c1csc(C(=O)c2cn(C(=O)C(NC(=O)OC(C)(C)C)C(C)C)c3ccccc23)n1.COC(=O)c1csc(C(=O)c2cn(COC(=O)C(NC(=O)OC(C)(C)C)C(C)(C)C)c3ccccc23)n1. The molecule has 124 heavy (non-hydrogen) atoms. The van der Waals surface area contributed by atoms with Crippen LogP contribution >= 0.6 is 45.3 Å². The van der Waals surface area contributed by atoms with Crippen molar-refractivity contribution < 1.29 is 110 Å². The van der Waals surface area contributed by atoms with Gasteiger partial charge in [-0.2, -0.15) is 0 Å². The Kier molecular flexibility index (Phi) is 30.9. The molecule has 3 unspecified atom stereocenters. The smallest absolute Gasteiger partial charge is 0.464 e. The van der Waals surface area contributed by atoms with Crippen molar-refractivity contribution in [1.82, 2.24) is 48.8 Å². The van der Waals surface area contributed by atoms with E-state index < -0.39 is 94.6 Å². The van der Waals surface area contributed by atoms with Crippen molar-refractivity contribution in [2.45, 2.75) is 133 Å². The number of benzene rings is 4. The number of ketones is 4. The van der Waals surface area contributed by atoms with E-state index in [2.05, 4.69) is 54.3 Å². The van der Waals surface area contributed by atoms with Gasteiger partial charge < -0.3 is 68.1 Å². The number of thiazole rings is 4. The van der Waals surface area contributed by atoms with Crippen molar-refractivity contribution in [1.29, 1.82) is 0 Å². The van der Waals surface area contributed by atoms with E-state index in [1.165, 1.54) is 78.6 Å². The molecule has 0 saturated heterocycles. The molecule has 0 aliphatic rings. The standard InChI is InChI=1S/C26H31N3O7S.C24H27N3O6S.C19H19N3O4S.C17H14N2O6S/c1-25(2,3)20(28-24(33)36-26(4,5)6)23(32)35-14-29-12-16(15-10-8-9-11-18(15)29)19(30)21-27-17(13-37-21)22(31)34-7;1-13(2)18(26-23(31)33-24(3,4)5)21(29)27-11-15(14-9-7-8-10-17(14)27)19(28)20-25-16(12-34-20)22(30)32-6;1-10(2)15(20)18(24)22-8-12(11-6-4-5-7-14(11)22)16(23)17-21-13(9-27-17)19(25)26-3;1-23-16(21)12-8-26-15(18-12)14(20)11-7-19(9-25-17(22)24-2)13-6-4-3-5-10(11)13/h8-13,20H,14H2,1-7H3,(H,28,33);7-13,18H,1-6H3,(H,26,31);4-10,15H,20H2,1-3H3;3-8H,9H2,1-2H3. The van der Waals surface area contributed by atoms with Crippen molar-refractivity contribution in [2.24, 2.45) is 23.0 Å². The molecule has 12 rings (SSSR count). The number of nitrogens with one attached hydrogen (secondary N) is 2. The fourth-order valence-electron chi connectivity index (χ4n) is 11.9. The molecule has 0 spiro atoms. The number of para-hydroxylation sites is 4. The summed E-state index contributed by atoms with van der Waals surface area (Å²) in [6.07, 6.45) is 3.85. The third-order valence-corrected chi connectivity index (χ3v) is 21.4. The molecule has 652 valence electrons. The van der Waals surface area contributed by atoms with Crippen molar-refractivity contribution in [3.63, 3.8) is 0 Å². The highest BCUT2D eigenvalue weighted by atomic mass is 32.1. The zero-order chi connectivity index (χ0) is 91.1. The van der Waals surface area contributed by atoms with Crippen molar-refractivity contribution >= 4 is 172 Å². The van der Waals surface area contributed by atoms with Crippen LogP contribution in [0.3, 0.4) is 0 Å². The summed E-state index contributed by atoms with van der Waals surface area (Å²) in [5, 5.41) is 14.2. The first-order chi connectivity index (χ1) is 58.5. The van der Waals surface area contributed by atoms with E-state index in [1.54, 1.807) is 175 Å². The topological polar surface area (TPSA) is 443 Å². The molecular weight excluding hydrogens is 1680 g/mol. The summed E-state index contributed by atoms with van der Waals surface area (Å²) < 4.78 is 50.1. The average Bonchev–Trinajstić information content (AvgIpc) is 1.56. The van der Waals surface area contributed by atoms with E-state index in [4.69, 9.17) is 24.7 Å². The highest BCUT2D eigenvalue weighted by Gasteiger charge is 2.37. The number of nitrogens with zero attached hydrogens (tertiary/aromatic N) is 8. The molecule has 0 aliphatic heterocycles. The molecule has 4 aromatic carbocycles. The zero-order valence-corrected chi connectivity index (χ0v) is 74.1. The van der Waals surface area contributed by atoms with Crippen LogP contribution in [0.25, 0.3) is 43.6 Å². The van der Waals surface area contributed by atoms with Crippen LogP contribution < -0.4 is 16.4 Å². The van der Waals surface area contributed by atoms with E-state index in [0.29, 0.717) is 60.3 Å². The maximum Gasteiger partial charge on any atom is 0.509 e. The highest BCUT2D eigenvalue weighted by molar-refractivity contribution is 7.13. The number of carbonyl (C=O) groups excluding carboxylic acids is 14. The van der Waals surface area contributed by atoms with Gasteiger partial charge in [0.25, 0.3) is 5.91 Å². The van der Waals surface area contributed by atoms with Gasteiger partial charge in [-0.15, -0.1) is 45.3 Å². The van der Waals surface area contributed by atoms with Gasteiger partial charge in [-0.05, 0) is 83.1 Å². The number of fused-ring (bicyclic) bond motifs is 4. The molecule has 0 aliphatic carbocycles. The van der Waals surface area contributed by atoms with Crippen LogP contribution in [0.2, 0.25) is 0 Å². The molecule has 0 saturated carbocycles. The van der Waals surface area contributed by atoms with Crippen molar-refractivity contribution in [3.8, 4) is 0 Å². The molecule has 0 fully saturated rings. The number of esters is 5. The fraction of sp³-hybridized carbons (Fsp3) is 0.326. The van der Waals surface area contributed by atoms with Gasteiger partial charge in [0.05, 0.1) is 85.9 Å². The summed E-state index contributed by atoms with van der Waals surface area (Å²) in [6.45, 7) is 22.8. The summed E-state index contributed by atoms with van der Waals surface area (Å²) in [5.74, 6) is -5.61. The normalized spacial score (nSPS) is 12.1. The van der Waals surface area contributed by atoms with Crippen LogP contribution in [0, 0.1) is 17.3 Å². The number of methoxy groups -OCH3 is 5. The van der Waals surface area contributed by atoms with Gasteiger partial charge in [-0.3, -0.25) is 37.9 Å². The number of aromatic nitrogens is 8. The second-order valence-corrected chi connectivity index (χ2v) is 34.4. The first kappa shape index (κ1) is 94.5. The number of alkyl carbamates (subject to hydrolysis) is 2. The fourth-order valence-corrected chi connectivity index (χ4v) is 14.9. The molecule has 38 heteroatoms. The molecule has 8 aromatic heterocycles. The van der Waals surface area contributed by atoms with Crippen LogP contribution in [-0.4, -0.2) is 186 Å². The Morgan fingerprint density at radius 1 is 0.395 bits per heavy atom. The Morgan fingerprint density at radius 3 is 1.02 bits per heavy atom. The lowest BCUT2D eigenvalue weighted by atomic mass is 9.87. The van der Waals surface area contributed by atoms with Gasteiger partial charge in [-0.1, -0.05) is 121 Å². The third-order valence-electron chi connectivity index (χ3n) is 18.0. The number of rotatable bonds is 23. The molecule has 4 N–H and O–H groups in total. The molecule has 0 radical (unpaired) electrons. The van der Waals surface area contributed by atoms with Gasteiger partial charge in [0.2, 0.25) is 29.0 Å².